The molecule has 0 saturated heterocycles. The molecule has 0 atom stereocenters. The zero-order valence-electron chi connectivity index (χ0n) is 9.70. The van der Waals surface area contributed by atoms with Gasteiger partial charge in [-0.1, -0.05) is 27.7 Å². The van der Waals surface area contributed by atoms with Gasteiger partial charge in [-0.05, 0) is 25.7 Å². The van der Waals surface area contributed by atoms with Gasteiger partial charge < -0.3 is 5.11 Å². The molecule has 0 amide bonds. The normalized spacial score (nSPS) is 14.0. The van der Waals surface area contributed by atoms with E-state index in [1.165, 1.54) is 0 Å². The minimum atomic E-state index is -0.760. The van der Waals surface area contributed by atoms with E-state index in [0.29, 0.717) is 0 Å². The van der Waals surface area contributed by atoms with Gasteiger partial charge in [-0.15, -0.1) is 0 Å². The van der Waals surface area contributed by atoms with E-state index in [9.17, 15) is 5.11 Å². The first-order chi connectivity index (χ1) is 5.80. The Kier molecular flexibility index (Phi) is 4.62. The van der Waals surface area contributed by atoms with Crippen molar-refractivity contribution >= 4 is 6.21 Å². The van der Waals surface area contributed by atoms with Gasteiger partial charge in [0.2, 0.25) is 0 Å². The van der Waals surface area contributed by atoms with Crippen molar-refractivity contribution in [3.05, 3.63) is 0 Å². The molecule has 1 N–H and O–H groups in total. The predicted octanol–water partition coefficient (Wildman–Crippen LogP) is 2.51. The molecule has 2 nitrogen and oxygen atoms in total. The molecular weight excluding hydrogens is 162 g/mol. The maximum atomic E-state index is 10.3. The molecule has 0 bridgehead atoms. The Labute approximate surface area is 82.1 Å². The molecule has 78 valence electrons. The second kappa shape index (κ2) is 4.75. The summed E-state index contributed by atoms with van der Waals surface area (Å²) < 4.78 is 0. The van der Waals surface area contributed by atoms with E-state index in [-0.39, 0.29) is 17.9 Å². The Hall–Kier alpha value is -0.370. The predicted molar refractivity (Wildman–Crippen MR) is 58.3 cm³/mol. The zero-order chi connectivity index (χ0) is 10.6. The molecule has 0 aromatic heterocycles. The summed E-state index contributed by atoms with van der Waals surface area (Å²) in [6.45, 7) is 12.1. The van der Waals surface area contributed by atoms with Gasteiger partial charge in [0.05, 0.1) is 0 Å². The lowest BCUT2D eigenvalue weighted by Gasteiger charge is -2.32. The fourth-order valence-corrected chi connectivity index (χ4v) is 1.23. The third-order valence-corrected chi connectivity index (χ3v) is 2.43. The van der Waals surface area contributed by atoms with Gasteiger partial charge in [-0.3, -0.25) is 4.99 Å². The van der Waals surface area contributed by atoms with Crippen molar-refractivity contribution < 1.29 is 5.11 Å². The standard InChI is InChI=1S/C11H23NO/c1-8(2)11(13,9(3)4)7-12-10(5)6/h7-10,13H,1-6H3. The van der Waals surface area contributed by atoms with Gasteiger partial charge in [-0.2, -0.15) is 0 Å². The summed E-state index contributed by atoms with van der Waals surface area (Å²) in [6.07, 6.45) is 1.72. The monoisotopic (exact) mass is 185 g/mol. The van der Waals surface area contributed by atoms with Crippen LogP contribution in [0.4, 0.5) is 0 Å². The highest BCUT2D eigenvalue weighted by Crippen LogP contribution is 2.24. The molecule has 0 aromatic carbocycles. The minimum absolute atomic E-state index is 0.204. The third kappa shape index (κ3) is 3.47. The smallest absolute Gasteiger partial charge is 0.104 e. The Morgan fingerprint density at radius 1 is 1.00 bits per heavy atom. The third-order valence-electron chi connectivity index (χ3n) is 2.43. The van der Waals surface area contributed by atoms with Gasteiger partial charge >= 0.3 is 0 Å². The number of hydrogen-bond donors (Lipinski definition) is 1. The van der Waals surface area contributed by atoms with Gasteiger partial charge in [0.25, 0.3) is 0 Å². The summed E-state index contributed by atoms with van der Waals surface area (Å²) in [5.41, 5.74) is -0.760. The summed E-state index contributed by atoms with van der Waals surface area (Å²) in [4.78, 5) is 4.26. The van der Waals surface area contributed by atoms with Crippen molar-refractivity contribution in [2.45, 2.75) is 53.2 Å². The topological polar surface area (TPSA) is 32.6 Å². The highest BCUT2D eigenvalue weighted by molar-refractivity contribution is 5.69. The molecule has 0 fully saturated rings. The zero-order valence-corrected chi connectivity index (χ0v) is 9.70. The van der Waals surface area contributed by atoms with E-state index in [2.05, 4.69) is 4.99 Å². The molecule has 0 radical (unpaired) electrons. The molecule has 13 heavy (non-hydrogen) atoms. The largest absolute Gasteiger partial charge is 0.384 e. The molecular formula is C11H23NO. The molecule has 0 spiro atoms. The van der Waals surface area contributed by atoms with Crippen LogP contribution in [0.5, 0.6) is 0 Å². The highest BCUT2D eigenvalue weighted by atomic mass is 16.3. The first-order valence-corrected chi connectivity index (χ1v) is 5.07. The molecule has 0 aliphatic heterocycles. The van der Waals surface area contributed by atoms with Gasteiger partial charge in [0.1, 0.15) is 5.60 Å². The van der Waals surface area contributed by atoms with Crippen molar-refractivity contribution in [3.8, 4) is 0 Å². The van der Waals surface area contributed by atoms with Crippen molar-refractivity contribution in [2.24, 2.45) is 16.8 Å². The van der Waals surface area contributed by atoms with E-state index in [1.54, 1.807) is 6.21 Å². The second-order valence-electron chi connectivity index (χ2n) is 4.57. The van der Waals surface area contributed by atoms with Crippen molar-refractivity contribution in [3.63, 3.8) is 0 Å². The molecule has 0 saturated carbocycles. The summed E-state index contributed by atoms with van der Waals surface area (Å²) in [6, 6.07) is 0.254. The molecule has 0 aromatic rings. The van der Waals surface area contributed by atoms with E-state index < -0.39 is 5.60 Å². The lowest BCUT2D eigenvalue weighted by Crippen LogP contribution is -2.42. The Balaban J connectivity index is 4.61. The van der Waals surface area contributed by atoms with Crippen LogP contribution >= 0.6 is 0 Å². The van der Waals surface area contributed by atoms with Crippen LogP contribution in [0.15, 0.2) is 4.99 Å². The van der Waals surface area contributed by atoms with Crippen LogP contribution in [0.25, 0.3) is 0 Å². The lowest BCUT2D eigenvalue weighted by molar-refractivity contribution is 0.0240. The molecule has 0 rings (SSSR count). The first kappa shape index (κ1) is 12.6. The van der Waals surface area contributed by atoms with Crippen LogP contribution in [0, 0.1) is 11.8 Å². The Bertz CT molecular complexity index is 163. The number of aliphatic hydroxyl groups is 1. The van der Waals surface area contributed by atoms with Crippen LogP contribution in [0.2, 0.25) is 0 Å². The van der Waals surface area contributed by atoms with Crippen LogP contribution < -0.4 is 0 Å². The number of hydrogen-bond acceptors (Lipinski definition) is 2. The van der Waals surface area contributed by atoms with Crippen molar-refractivity contribution in [2.75, 3.05) is 0 Å². The van der Waals surface area contributed by atoms with Crippen LogP contribution in [-0.4, -0.2) is 23.0 Å². The number of aliphatic imine (C=N–C) groups is 1. The summed E-state index contributed by atoms with van der Waals surface area (Å²) >= 11 is 0. The van der Waals surface area contributed by atoms with Crippen molar-refractivity contribution in [1.29, 1.82) is 0 Å². The van der Waals surface area contributed by atoms with E-state index in [0.717, 1.165) is 0 Å². The maximum absolute atomic E-state index is 10.3. The summed E-state index contributed by atoms with van der Waals surface area (Å²) in [5, 5.41) is 10.3. The Morgan fingerprint density at radius 3 is 1.62 bits per heavy atom. The lowest BCUT2D eigenvalue weighted by atomic mass is 9.81. The van der Waals surface area contributed by atoms with Gasteiger partial charge in [0, 0.05) is 12.3 Å². The van der Waals surface area contributed by atoms with Gasteiger partial charge in [-0.25, -0.2) is 0 Å². The van der Waals surface area contributed by atoms with E-state index in [1.807, 2.05) is 41.5 Å². The highest BCUT2D eigenvalue weighted by Gasteiger charge is 2.32. The fraction of sp³-hybridized carbons (Fsp3) is 0.909. The SMILES string of the molecule is CC(C)N=CC(O)(C(C)C)C(C)C. The van der Waals surface area contributed by atoms with E-state index in [4.69, 9.17) is 0 Å². The van der Waals surface area contributed by atoms with Gasteiger partial charge in [0.15, 0.2) is 0 Å². The molecule has 0 aliphatic rings. The average molecular weight is 185 g/mol. The van der Waals surface area contributed by atoms with Crippen LogP contribution in [-0.2, 0) is 0 Å². The first-order valence-electron chi connectivity index (χ1n) is 5.07. The van der Waals surface area contributed by atoms with Crippen LogP contribution in [0.3, 0.4) is 0 Å². The van der Waals surface area contributed by atoms with E-state index >= 15 is 0 Å². The Morgan fingerprint density at radius 2 is 1.38 bits per heavy atom. The van der Waals surface area contributed by atoms with Crippen molar-refractivity contribution in [1.82, 2.24) is 0 Å². The minimum Gasteiger partial charge on any atom is -0.384 e. The molecule has 2 heteroatoms. The molecule has 0 unspecified atom stereocenters. The average Bonchev–Trinajstić information content (AvgIpc) is 1.99. The molecule has 0 heterocycles. The molecule has 0 aliphatic carbocycles. The quantitative estimate of drug-likeness (QED) is 0.671. The number of nitrogens with zero attached hydrogens (tertiary/aromatic N) is 1. The second-order valence-corrected chi connectivity index (χ2v) is 4.57. The fourth-order valence-electron chi connectivity index (χ4n) is 1.23. The maximum Gasteiger partial charge on any atom is 0.104 e. The number of rotatable bonds is 4. The summed E-state index contributed by atoms with van der Waals surface area (Å²) in [5.74, 6) is 0.407. The summed E-state index contributed by atoms with van der Waals surface area (Å²) in [7, 11) is 0. The van der Waals surface area contributed by atoms with Crippen LogP contribution in [0.1, 0.15) is 41.5 Å².